The topological polar surface area (TPSA) is 55.2 Å². The van der Waals surface area contributed by atoms with E-state index >= 15 is 0 Å². The molecule has 0 saturated carbocycles. The summed E-state index contributed by atoms with van der Waals surface area (Å²) in [6.07, 6.45) is 0. The molecule has 0 saturated heterocycles. The summed E-state index contributed by atoms with van der Waals surface area (Å²) in [5.41, 5.74) is 3.19. The van der Waals surface area contributed by atoms with Gasteiger partial charge in [0.05, 0.1) is 4.92 Å². The Kier molecular flexibility index (Phi) is 4.29. The maximum atomic E-state index is 10.9. The molecular weight excluding hydrogens is 260 g/mol. The average molecular weight is 276 g/mol. The fourth-order valence-electron chi connectivity index (χ4n) is 1.96. The highest BCUT2D eigenvalue weighted by Crippen LogP contribution is 2.21. The van der Waals surface area contributed by atoms with Gasteiger partial charge in [0.2, 0.25) is 0 Å². The molecule has 4 nitrogen and oxygen atoms in total. The molecule has 0 aliphatic carbocycles. The lowest BCUT2D eigenvalue weighted by molar-refractivity contribution is -0.385. The van der Waals surface area contributed by atoms with Gasteiger partial charge in [-0.25, -0.2) is 0 Å². The Balaban J connectivity index is 2.02. The number of aryl methyl sites for hydroxylation is 1. The summed E-state index contributed by atoms with van der Waals surface area (Å²) in [6.45, 7) is 5.33. The lowest BCUT2D eigenvalue weighted by atomic mass is 10.1. The quantitative estimate of drug-likeness (QED) is 0.671. The van der Waals surface area contributed by atoms with Gasteiger partial charge in [-0.1, -0.05) is 12.1 Å². The molecule has 1 N–H and O–H groups in total. The largest absolute Gasteiger partial charge is 0.308 e. The van der Waals surface area contributed by atoms with Crippen molar-refractivity contribution in [3.8, 4) is 0 Å². The van der Waals surface area contributed by atoms with Gasteiger partial charge in [-0.05, 0) is 36.4 Å². The van der Waals surface area contributed by atoms with Crippen molar-refractivity contribution in [2.75, 3.05) is 0 Å². The average Bonchev–Trinajstić information content (AvgIpc) is 2.77. The molecule has 1 aromatic carbocycles. The van der Waals surface area contributed by atoms with E-state index < -0.39 is 0 Å². The van der Waals surface area contributed by atoms with Crippen LogP contribution in [0.3, 0.4) is 0 Å². The highest BCUT2D eigenvalue weighted by atomic mass is 32.1. The minimum absolute atomic E-state index is 0.187. The molecule has 0 spiro atoms. The predicted octanol–water partition coefficient (Wildman–Crippen LogP) is 3.56. The van der Waals surface area contributed by atoms with Gasteiger partial charge in [-0.3, -0.25) is 10.1 Å². The van der Waals surface area contributed by atoms with Crippen LogP contribution in [0.15, 0.2) is 29.6 Å². The van der Waals surface area contributed by atoms with Gasteiger partial charge >= 0.3 is 0 Å². The molecule has 5 heteroatoms. The fraction of sp³-hybridized carbons (Fsp3) is 0.286. The summed E-state index contributed by atoms with van der Waals surface area (Å²) in [5, 5.41) is 16.3. The Morgan fingerprint density at radius 3 is 2.68 bits per heavy atom. The molecule has 0 radical (unpaired) electrons. The van der Waals surface area contributed by atoms with Gasteiger partial charge in [0, 0.05) is 29.6 Å². The standard InChI is InChI=1S/C14H16N2O2S/c1-10-6-7-19-14(10)9-15-8-12-4-3-5-13(11(12)2)16(17)18/h3-7,15H,8-9H2,1-2H3. The van der Waals surface area contributed by atoms with Crippen LogP contribution in [0.1, 0.15) is 21.6 Å². The first kappa shape index (κ1) is 13.7. The third kappa shape index (κ3) is 3.19. The monoisotopic (exact) mass is 276 g/mol. The van der Waals surface area contributed by atoms with Crippen LogP contribution in [0.2, 0.25) is 0 Å². The fourth-order valence-corrected chi connectivity index (χ4v) is 2.83. The second-order valence-electron chi connectivity index (χ2n) is 4.45. The molecule has 100 valence electrons. The van der Waals surface area contributed by atoms with Gasteiger partial charge in [-0.15, -0.1) is 11.3 Å². The smallest absolute Gasteiger partial charge is 0.272 e. The lowest BCUT2D eigenvalue weighted by Crippen LogP contribution is -2.13. The zero-order valence-electron chi connectivity index (χ0n) is 11.0. The van der Waals surface area contributed by atoms with Crippen molar-refractivity contribution in [3.63, 3.8) is 0 Å². The highest BCUT2D eigenvalue weighted by Gasteiger charge is 2.12. The van der Waals surface area contributed by atoms with E-state index in [1.165, 1.54) is 10.4 Å². The molecule has 0 bridgehead atoms. The molecule has 0 aliphatic rings. The molecule has 0 aliphatic heterocycles. The van der Waals surface area contributed by atoms with Crippen LogP contribution >= 0.6 is 11.3 Å². The molecule has 2 aromatic rings. The van der Waals surface area contributed by atoms with E-state index in [-0.39, 0.29) is 10.6 Å². The number of hydrogen-bond donors (Lipinski definition) is 1. The summed E-state index contributed by atoms with van der Waals surface area (Å²) >= 11 is 1.73. The summed E-state index contributed by atoms with van der Waals surface area (Å²) in [6, 6.07) is 7.30. The van der Waals surface area contributed by atoms with Gasteiger partial charge < -0.3 is 5.32 Å². The number of nitrogens with zero attached hydrogens (tertiary/aromatic N) is 1. The number of hydrogen-bond acceptors (Lipinski definition) is 4. The van der Waals surface area contributed by atoms with Crippen LogP contribution < -0.4 is 5.32 Å². The zero-order chi connectivity index (χ0) is 13.8. The van der Waals surface area contributed by atoms with Crippen molar-refractivity contribution in [3.05, 3.63) is 61.3 Å². The molecule has 2 rings (SSSR count). The molecule has 0 unspecified atom stereocenters. The second-order valence-corrected chi connectivity index (χ2v) is 5.45. The summed E-state index contributed by atoms with van der Waals surface area (Å²) < 4.78 is 0. The maximum absolute atomic E-state index is 10.9. The number of nitro benzene ring substituents is 1. The Hall–Kier alpha value is -1.72. The van der Waals surface area contributed by atoms with E-state index in [1.807, 2.05) is 6.07 Å². The number of nitro groups is 1. The van der Waals surface area contributed by atoms with Gasteiger partial charge in [0.25, 0.3) is 5.69 Å². The maximum Gasteiger partial charge on any atom is 0.272 e. The molecule has 19 heavy (non-hydrogen) atoms. The minimum atomic E-state index is -0.331. The molecule has 1 aromatic heterocycles. The summed E-state index contributed by atoms with van der Waals surface area (Å²) in [4.78, 5) is 11.8. The van der Waals surface area contributed by atoms with Crippen molar-refractivity contribution in [2.45, 2.75) is 26.9 Å². The van der Waals surface area contributed by atoms with Crippen molar-refractivity contribution >= 4 is 17.0 Å². The van der Waals surface area contributed by atoms with E-state index in [0.29, 0.717) is 6.54 Å². The first-order valence-corrected chi connectivity index (χ1v) is 6.94. The number of benzene rings is 1. The summed E-state index contributed by atoms with van der Waals surface area (Å²) in [5.74, 6) is 0. The third-order valence-corrected chi connectivity index (χ3v) is 4.21. The van der Waals surface area contributed by atoms with Gasteiger partial charge in [-0.2, -0.15) is 0 Å². The Labute approximate surface area is 116 Å². The highest BCUT2D eigenvalue weighted by molar-refractivity contribution is 7.10. The molecule has 0 amide bonds. The van der Waals surface area contributed by atoms with Crippen LogP contribution in [0.5, 0.6) is 0 Å². The Bertz CT molecular complexity index is 593. The van der Waals surface area contributed by atoms with Crippen molar-refractivity contribution < 1.29 is 4.92 Å². The van der Waals surface area contributed by atoms with Gasteiger partial charge in [0.1, 0.15) is 0 Å². The molecule has 0 fully saturated rings. The SMILES string of the molecule is Cc1ccsc1CNCc1cccc([N+](=O)[O-])c1C. The lowest BCUT2D eigenvalue weighted by Gasteiger charge is -2.08. The first-order chi connectivity index (χ1) is 9.09. The van der Waals surface area contributed by atoms with Crippen LogP contribution in [0, 0.1) is 24.0 Å². The van der Waals surface area contributed by atoms with Crippen LogP contribution in [-0.2, 0) is 13.1 Å². The number of thiophene rings is 1. The molecular formula is C14H16N2O2S. The zero-order valence-corrected chi connectivity index (χ0v) is 11.8. The van der Waals surface area contributed by atoms with Crippen LogP contribution in [-0.4, -0.2) is 4.92 Å². The van der Waals surface area contributed by atoms with Crippen molar-refractivity contribution in [1.29, 1.82) is 0 Å². The third-order valence-electron chi connectivity index (χ3n) is 3.18. The van der Waals surface area contributed by atoms with Gasteiger partial charge in [0.15, 0.2) is 0 Å². The van der Waals surface area contributed by atoms with Crippen molar-refractivity contribution in [2.24, 2.45) is 0 Å². The van der Waals surface area contributed by atoms with Crippen molar-refractivity contribution in [1.82, 2.24) is 5.32 Å². The van der Waals surface area contributed by atoms with Crippen LogP contribution in [0.4, 0.5) is 5.69 Å². The molecule has 0 atom stereocenters. The number of rotatable bonds is 5. The Morgan fingerprint density at radius 2 is 2.05 bits per heavy atom. The molecule has 1 heterocycles. The summed E-state index contributed by atoms with van der Waals surface area (Å²) in [7, 11) is 0. The predicted molar refractivity (Wildman–Crippen MR) is 77.4 cm³/mol. The number of nitrogens with one attached hydrogen (secondary N) is 1. The normalized spacial score (nSPS) is 10.6. The van der Waals surface area contributed by atoms with E-state index in [0.717, 1.165) is 17.7 Å². The van der Waals surface area contributed by atoms with E-state index in [4.69, 9.17) is 0 Å². The van der Waals surface area contributed by atoms with E-state index in [9.17, 15) is 10.1 Å². The minimum Gasteiger partial charge on any atom is -0.308 e. The first-order valence-electron chi connectivity index (χ1n) is 6.06. The second kappa shape index (κ2) is 5.95. The Morgan fingerprint density at radius 1 is 1.26 bits per heavy atom. The van der Waals surface area contributed by atoms with E-state index in [1.54, 1.807) is 30.4 Å². The van der Waals surface area contributed by atoms with E-state index in [2.05, 4.69) is 23.7 Å². The van der Waals surface area contributed by atoms with Crippen LogP contribution in [0.25, 0.3) is 0 Å².